The van der Waals surface area contributed by atoms with Crippen LogP contribution in [0.4, 0.5) is 4.79 Å². The fourth-order valence-electron chi connectivity index (χ4n) is 5.90. The molecule has 8 nitrogen and oxygen atoms in total. The van der Waals surface area contributed by atoms with Crippen molar-refractivity contribution in [3.63, 3.8) is 0 Å². The Kier molecular flexibility index (Phi) is 11.0. The van der Waals surface area contributed by atoms with Gasteiger partial charge in [0, 0.05) is 38.2 Å². The molecule has 2 saturated heterocycles. The van der Waals surface area contributed by atoms with E-state index in [1.165, 1.54) is 12.5 Å². The molecule has 0 bridgehead atoms. The van der Waals surface area contributed by atoms with Gasteiger partial charge in [0.25, 0.3) is 0 Å². The average molecular weight is 587 g/mol. The fourth-order valence-corrected chi connectivity index (χ4v) is 5.90. The molecule has 0 unspecified atom stereocenters. The highest BCUT2D eigenvalue weighted by molar-refractivity contribution is 5.68. The van der Waals surface area contributed by atoms with Crippen molar-refractivity contribution in [2.75, 3.05) is 33.4 Å². The van der Waals surface area contributed by atoms with Crippen LogP contribution in [-0.4, -0.2) is 61.7 Å². The Labute approximate surface area is 254 Å². The number of nitrogens with one attached hydrogen (secondary N) is 1. The van der Waals surface area contributed by atoms with E-state index in [4.69, 9.17) is 18.9 Å². The van der Waals surface area contributed by atoms with Crippen molar-refractivity contribution < 1.29 is 28.8 Å². The normalized spacial score (nSPS) is 22.3. The summed E-state index contributed by atoms with van der Waals surface area (Å²) < 4.78 is 23.8. The molecule has 2 aliphatic heterocycles. The fraction of sp³-hybridized carbons (Fsp3) is 0.400. The monoisotopic (exact) mass is 586 g/mol. The molecule has 2 fully saturated rings. The molecule has 0 aromatic heterocycles. The molecule has 5 rings (SSSR count). The summed E-state index contributed by atoms with van der Waals surface area (Å²) in [7, 11) is 1.76. The van der Waals surface area contributed by atoms with Crippen LogP contribution < -0.4 is 5.32 Å². The minimum Gasteiger partial charge on any atom is -0.445 e. The van der Waals surface area contributed by atoms with E-state index in [1.54, 1.807) is 7.11 Å². The van der Waals surface area contributed by atoms with E-state index >= 15 is 0 Å². The van der Waals surface area contributed by atoms with Crippen LogP contribution in [0.1, 0.15) is 53.9 Å². The minimum atomic E-state index is -0.533. The summed E-state index contributed by atoms with van der Waals surface area (Å²) in [4.78, 5) is 14.4. The second kappa shape index (κ2) is 15.3. The van der Waals surface area contributed by atoms with Gasteiger partial charge in [-0.25, -0.2) is 4.79 Å². The van der Waals surface area contributed by atoms with E-state index in [1.807, 2.05) is 48.5 Å². The maximum atomic E-state index is 11.9. The van der Waals surface area contributed by atoms with Gasteiger partial charge in [-0.1, -0.05) is 73.3 Å². The number of carbonyl (C=O) groups is 1. The number of ether oxygens (including phenoxy) is 4. The lowest BCUT2D eigenvalue weighted by Crippen LogP contribution is -2.42. The van der Waals surface area contributed by atoms with Gasteiger partial charge in [0.2, 0.25) is 0 Å². The number of hydrogen-bond donors (Lipinski definition) is 2. The molecule has 2 N–H and O–H groups in total. The number of benzene rings is 3. The van der Waals surface area contributed by atoms with Crippen molar-refractivity contribution in [3.8, 4) is 11.1 Å². The number of alkyl carbamates (subject to hydrolysis) is 1. The second-order valence-corrected chi connectivity index (χ2v) is 11.2. The summed E-state index contributed by atoms with van der Waals surface area (Å²) in [6.45, 7) is 6.70. The Balaban J connectivity index is 1.35. The van der Waals surface area contributed by atoms with Gasteiger partial charge in [0.1, 0.15) is 6.61 Å². The van der Waals surface area contributed by atoms with E-state index in [0.29, 0.717) is 12.6 Å². The lowest BCUT2D eigenvalue weighted by molar-refractivity contribution is -0.253. The molecule has 2 aliphatic rings. The molecule has 1 amide bonds. The Hall–Kier alpha value is -3.53. The molecule has 0 radical (unpaired) electrons. The summed E-state index contributed by atoms with van der Waals surface area (Å²) in [5.41, 5.74) is 5.93. The van der Waals surface area contributed by atoms with E-state index in [2.05, 4.69) is 41.1 Å². The van der Waals surface area contributed by atoms with Gasteiger partial charge in [-0.05, 0) is 59.3 Å². The van der Waals surface area contributed by atoms with Crippen LogP contribution in [-0.2, 0) is 32.1 Å². The Morgan fingerprint density at radius 1 is 1.05 bits per heavy atom. The van der Waals surface area contributed by atoms with Crippen LogP contribution in [0.2, 0.25) is 0 Å². The van der Waals surface area contributed by atoms with E-state index in [9.17, 15) is 9.90 Å². The maximum Gasteiger partial charge on any atom is 0.407 e. The third-order valence-electron chi connectivity index (χ3n) is 8.10. The van der Waals surface area contributed by atoms with Crippen molar-refractivity contribution in [1.29, 1.82) is 0 Å². The van der Waals surface area contributed by atoms with E-state index in [-0.39, 0.29) is 25.4 Å². The van der Waals surface area contributed by atoms with Gasteiger partial charge in [0.05, 0.1) is 25.4 Å². The standard InChI is InChI=1S/C35H42N2O6/c1-3-17-41-35(39)36-21-26-7-4-8-28(18-26)29-9-5-10-30(19-29)34-42-32(22-37-16-6-11-31(37)24-40-2)20-33(43-34)27-14-12-25(23-38)13-15-27/h3-5,7-10,12-15,18-19,31-34,38H,1,6,11,16-17,20-24H2,2H3,(H,36,39)/t31-,32-,33+,34+/m0/s1. The number of hydrogen-bond acceptors (Lipinski definition) is 7. The predicted molar refractivity (Wildman–Crippen MR) is 165 cm³/mol. The molecule has 228 valence electrons. The number of likely N-dealkylation sites (tertiary alicyclic amines) is 1. The highest BCUT2D eigenvalue weighted by atomic mass is 16.7. The Morgan fingerprint density at radius 3 is 2.60 bits per heavy atom. The molecule has 8 heteroatoms. The van der Waals surface area contributed by atoms with E-state index < -0.39 is 12.4 Å². The zero-order chi connectivity index (χ0) is 30.0. The molecule has 3 aromatic rings. The highest BCUT2D eigenvalue weighted by Gasteiger charge is 2.35. The maximum absolute atomic E-state index is 11.9. The van der Waals surface area contributed by atoms with Crippen LogP contribution >= 0.6 is 0 Å². The predicted octanol–water partition coefficient (Wildman–Crippen LogP) is 5.91. The van der Waals surface area contributed by atoms with Gasteiger partial charge in [-0.15, -0.1) is 0 Å². The Bertz CT molecular complexity index is 1350. The smallest absolute Gasteiger partial charge is 0.407 e. The van der Waals surface area contributed by atoms with E-state index in [0.717, 1.165) is 65.9 Å². The molecule has 43 heavy (non-hydrogen) atoms. The summed E-state index contributed by atoms with van der Waals surface area (Å²) >= 11 is 0. The number of amides is 1. The van der Waals surface area contributed by atoms with Gasteiger partial charge in [0.15, 0.2) is 6.29 Å². The summed E-state index contributed by atoms with van der Waals surface area (Å²) in [6.07, 6.45) is 3.42. The number of methoxy groups -OCH3 is 1. The largest absolute Gasteiger partial charge is 0.445 e. The SMILES string of the molecule is C=CCOC(=O)NCc1cccc(-c2cccc([C@@H]3O[C@H](CN4CCC[C@H]4COC)C[C@H](c4ccc(CO)cc4)O3)c2)c1. The molecular weight excluding hydrogens is 544 g/mol. The highest BCUT2D eigenvalue weighted by Crippen LogP contribution is 2.39. The van der Waals surface area contributed by atoms with Crippen molar-refractivity contribution in [1.82, 2.24) is 10.2 Å². The van der Waals surface area contributed by atoms with Crippen LogP contribution in [0.3, 0.4) is 0 Å². The van der Waals surface area contributed by atoms with Gasteiger partial charge >= 0.3 is 6.09 Å². The van der Waals surface area contributed by atoms with Crippen LogP contribution in [0, 0.1) is 0 Å². The number of carbonyl (C=O) groups excluding carboxylic acids is 1. The molecule has 3 aromatic carbocycles. The topological polar surface area (TPSA) is 89.5 Å². The van der Waals surface area contributed by atoms with Crippen LogP contribution in [0.5, 0.6) is 0 Å². The lowest BCUT2D eigenvalue weighted by atomic mass is 9.98. The van der Waals surface area contributed by atoms with Crippen molar-refractivity contribution in [2.24, 2.45) is 0 Å². The number of rotatable bonds is 12. The first-order chi connectivity index (χ1) is 21.1. The summed E-state index contributed by atoms with van der Waals surface area (Å²) in [6, 6.07) is 24.7. The molecule has 0 saturated carbocycles. The number of aliphatic hydroxyl groups is 1. The summed E-state index contributed by atoms with van der Waals surface area (Å²) in [5.74, 6) is 0. The lowest BCUT2D eigenvalue weighted by Gasteiger charge is -2.39. The zero-order valence-electron chi connectivity index (χ0n) is 24.8. The number of nitrogens with zero attached hydrogens (tertiary/aromatic N) is 1. The zero-order valence-corrected chi connectivity index (χ0v) is 24.8. The first-order valence-electron chi connectivity index (χ1n) is 15.0. The van der Waals surface area contributed by atoms with Crippen molar-refractivity contribution >= 4 is 6.09 Å². The van der Waals surface area contributed by atoms with Gasteiger partial charge < -0.3 is 29.4 Å². The first-order valence-corrected chi connectivity index (χ1v) is 15.0. The Morgan fingerprint density at radius 2 is 1.84 bits per heavy atom. The van der Waals surface area contributed by atoms with Crippen LogP contribution in [0.15, 0.2) is 85.5 Å². The van der Waals surface area contributed by atoms with Gasteiger partial charge in [-0.2, -0.15) is 0 Å². The van der Waals surface area contributed by atoms with Crippen LogP contribution in [0.25, 0.3) is 11.1 Å². The molecule has 4 atom stereocenters. The molecule has 2 heterocycles. The molecule has 0 spiro atoms. The molecule has 0 aliphatic carbocycles. The van der Waals surface area contributed by atoms with Gasteiger partial charge in [-0.3, -0.25) is 4.90 Å². The average Bonchev–Trinajstić information content (AvgIpc) is 3.49. The van der Waals surface area contributed by atoms with Crippen molar-refractivity contribution in [3.05, 3.63) is 108 Å². The number of aliphatic hydroxyl groups excluding tert-OH is 1. The first kappa shape index (κ1) is 30.9. The second-order valence-electron chi connectivity index (χ2n) is 11.2. The van der Waals surface area contributed by atoms with Crippen molar-refractivity contribution in [2.45, 2.75) is 57.0 Å². The third kappa shape index (κ3) is 8.31. The quantitative estimate of drug-likeness (QED) is 0.255. The summed E-state index contributed by atoms with van der Waals surface area (Å²) in [5, 5.41) is 12.3. The molecular formula is C35H42N2O6. The third-order valence-corrected chi connectivity index (χ3v) is 8.10. The minimum absolute atomic E-state index is 0.0134.